The minimum absolute atomic E-state index is 0.166. The number of benzene rings is 2. The zero-order valence-corrected chi connectivity index (χ0v) is 14.5. The average molecular weight is 380 g/mol. The van der Waals surface area contributed by atoms with Crippen molar-refractivity contribution in [2.45, 2.75) is 19.3 Å². The van der Waals surface area contributed by atoms with Crippen LogP contribution in [0.1, 0.15) is 17.4 Å². The molecule has 6 nitrogen and oxygen atoms in total. The summed E-state index contributed by atoms with van der Waals surface area (Å²) in [6.45, 7) is 0.832. The molecule has 0 saturated heterocycles. The van der Waals surface area contributed by atoms with Crippen molar-refractivity contribution in [3.05, 3.63) is 77.5 Å². The van der Waals surface area contributed by atoms with Crippen LogP contribution in [0.3, 0.4) is 0 Å². The lowest BCUT2D eigenvalue weighted by Crippen LogP contribution is -2.21. The number of hydrogen-bond acceptors (Lipinski definition) is 5. The van der Waals surface area contributed by atoms with Crippen LogP contribution in [0.5, 0.6) is 0 Å². The lowest BCUT2D eigenvalue weighted by atomic mass is 10.1. The van der Waals surface area contributed by atoms with Gasteiger partial charge in [-0.2, -0.15) is 10.1 Å². The van der Waals surface area contributed by atoms with E-state index in [2.05, 4.69) is 15.2 Å². The number of fused-ring (bicyclic) bond motifs is 1. The Bertz CT molecular complexity index is 1140. The SMILES string of the molecule is Fc1ccc([C@H]2Cn3nc(-c4nc(-c5ccccc5F)no4)cc3CO2)cc1. The summed E-state index contributed by atoms with van der Waals surface area (Å²) in [5.74, 6) is -0.337. The van der Waals surface area contributed by atoms with Crippen LogP contribution < -0.4 is 0 Å². The van der Waals surface area contributed by atoms with E-state index in [-0.39, 0.29) is 29.2 Å². The van der Waals surface area contributed by atoms with Gasteiger partial charge in [-0.3, -0.25) is 4.68 Å². The Kier molecular flexibility index (Phi) is 3.98. The largest absolute Gasteiger partial charge is 0.365 e. The van der Waals surface area contributed by atoms with E-state index in [1.54, 1.807) is 41.1 Å². The molecule has 0 saturated carbocycles. The van der Waals surface area contributed by atoms with Crippen molar-refractivity contribution in [2.75, 3.05) is 0 Å². The third-order valence-corrected chi connectivity index (χ3v) is 4.64. The number of nitrogens with zero attached hydrogens (tertiary/aromatic N) is 4. The molecule has 8 heteroatoms. The fraction of sp³-hybridized carbons (Fsp3) is 0.150. The quantitative estimate of drug-likeness (QED) is 0.534. The summed E-state index contributed by atoms with van der Waals surface area (Å²) in [4.78, 5) is 4.27. The van der Waals surface area contributed by atoms with Crippen LogP contribution in [0.4, 0.5) is 8.78 Å². The van der Waals surface area contributed by atoms with Gasteiger partial charge in [0.1, 0.15) is 17.7 Å². The molecular weight excluding hydrogens is 366 g/mol. The fourth-order valence-electron chi connectivity index (χ4n) is 3.19. The van der Waals surface area contributed by atoms with Crippen LogP contribution in [0.15, 0.2) is 59.1 Å². The first kappa shape index (κ1) is 16.8. The molecular formula is C20H14F2N4O2. The summed E-state index contributed by atoms with van der Waals surface area (Å²) in [5, 5.41) is 8.37. The van der Waals surface area contributed by atoms with E-state index in [4.69, 9.17) is 9.26 Å². The molecule has 0 bridgehead atoms. The third-order valence-electron chi connectivity index (χ3n) is 4.64. The van der Waals surface area contributed by atoms with Gasteiger partial charge in [0.05, 0.1) is 24.4 Å². The van der Waals surface area contributed by atoms with Gasteiger partial charge in [-0.05, 0) is 35.9 Å². The first-order valence-electron chi connectivity index (χ1n) is 8.70. The predicted octanol–water partition coefficient (Wildman–Crippen LogP) is 4.15. The standard InChI is InChI=1S/C20H14F2N4O2/c21-13-7-5-12(6-8-13)18-10-26-14(11-27-18)9-17(24-26)20-23-19(25-28-20)15-3-1-2-4-16(15)22/h1-9,18H,10-11H2/t18-/m1/s1. The molecule has 28 heavy (non-hydrogen) atoms. The summed E-state index contributed by atoms with van der Waals surface area (Å²) in [5.41, 5.74) is 2.50. The second-order valence-electron chi connectivity index (χ2n) is 6.46. The van der Waals surface area contributed by atoms with Crippen molar-refractivity contribution >= 4 is 0 Å². The Morgan fingerprint density at radius 2 is 1.86 bits per heavy atom. The fourth-order valence-corrected chi connectivity index (χ4v) is 3.19. The van der Waals surface area contributed by atoms with Gasteiger partial charge in [-0.1, -0.05) is 29.4 Å². The molecule has 0 spiro atoms. The highest BCUT2D eigenvalue weighted by molar-refractivity contribution is 5.58. The molecule has 0 radical (unpaired) electrons. The topological polar surface area (TPSA) is 66.0 Å². The molecule has 3 heterocycles. The van der Waals surface area contributed by atoms with E-state index in [0.717, 1.165) is 11.3 Å². The van der Waals surface area contributed by atoms with Crippen molar-refractivity contribution < 1.29 is 18.0 Å². The molecule has 2 aromatic heterocycles. The normalized spacial score (nSPS) is 16.1. The molecule has 1 atom stereocenters. The van der Waals surface area contributed by atoms with E-state index in [1.165, 1.54) is 18.2 Å². The van der Waals surface area contributed by atoms with Gasteiger partial charge in [-0.25, -0.2) is 8.78 Å². The Morgan fingerprint density at radius 1 is 1.04 bits per heavy atom. The van der Waals surface area contributed by atoms with Crippen molar-refractivity contribution in [3.8, 4) is 23.0 Å². The van der Waals surface area contributed by atoms with E-state index in [0.29, 0.717) is 18.8 Å². The molecule has 0 aliphatic carbocycles. The van der Waals surface area contributed by atoms with Crippen LogP contribution in [-0.2, 0) is 17.9 Å². The van der Waals surface area contributed by atoms with Crippen LogP contribution in [-0.4, -0.2) is 19.9 Å². The zero-order valence-electron chi connectivity index (χ0n) is 14.5. The number of aromatic nitrogens is 4. The lowest BCUT2D eigenvalue weighted by Gasteiger charge is -2.24. The summed E-state index contributed by atoms with van der Waals surface area (Å²) < 4.78 is 40.0. The van der Waals surface area contributed by atoms with Crippen LogP contribution >= 0.6 is 0 Å². The zero-order chi connectivity index (χ0) is 19.1. The molecule has 2 aromatic carbocycles. The van der Waals surface area contributed by atoms with Gasteiger partial charge in [-0.15, -0.1) is 0 Å². The first-order valence-corrected chi connectivity index (χ1v) is 8.70. The number of hydrogen-bond donors (Lipinski definition) is 0. The van der Waals surface area contributed by atoms with E-state index >= 15 is 0 Å². The van der Waals surface area contributed by atoms with Crippen LogP contribution in [0.25, 0.3) is 23.0 Å². The van der Waals surface area contributed by atoms with Crippen LogP contribution in [0, 0.1) is 11.6 Å². The average Bonchev–Trinajstić information content (AvgIpc) is 3.35. The molecule has 1 aliphatic rings. The second-order valence-corrected chi connectivity index (χ2v) is 6.46. The Labute approximate surface area is 158 Å². The van der Waals surface area contributed by atoms with E-state index in [1.807, 2.05) is 0 Å². The van der Waals surface area contributed by atoms with Crippen molar-refractivity contribution in [1.29, 1.82) is 0 Å². The van der Waals surface area contributed by atoms with Gasteiger partial charge in [0, 0.05) is 0 Å². The van der Waals surface area contributed by atoms with E-state index in [9.17, 15) is 8.78 Å². The number of ether oxygens (including phenoxy) is 1. The maximum atomic E-state index is 13.9. The predicted molar refractivity (Wildman–Crippen MR) is 94.8 cm³/mol. The summed E-state index contributed by atoms with van der Waals surface area (Å²) in [7, 11) is 0. The van der Waals surface area contributed by atoms with Crippen molar-refractivity contribution in [3.63, 3.8) is 0 Å². The first-order chi connectivity index (χ1) is 13.7. The maximum Gasteiger partial charge on any atom is 0.278 e. The van der Waals surface area contributed by atoms with Crippen LogP contribution in [0.2, 0.25) is 0 Å². The van der Waals surface area contributed by atoms with Crippen molar-refractivity contribution in [1.82, 2.24) is 19.9 Å². The minimum atomic E-state index is -0.422. The minimum Gasteiger partial charge on any atom is -0.365 e. The van der Waals surface area contributed by atoms with Gasteiger partial charge >= 0.3 is 0 Å². The highest BCUT2D eigenvalue weighted by Gasteiger charge is 2.24. The highest BCUT2D eigenvalue weighted by atomic mass is 19.1. The van der Waals surface area contributed by atoms with Crippen molar-refractivity contribution in [2.24, 2.45) is 0 Å². The smallest absolute Gasteiger partial charge is 0.278 e. The monoisotopic (exact) mass is 380 g/mol. The molecule has 1 aliphatic heterocycles. The molecule has 0 fully saturated rings. The molecule has 5 rings (SSSR count). The Hall–Kier alpha value is -3.39. The maximum absolute atomic E-state index is 13.9. The summed E-state index contributed by atoms with van der Waals surface area (Å²) >= 11 is 0. The summed E-state index contributed by atoms with van der Waals surface area (Å²) in [6, 6.07) is 14.3. The number of halogens is 2. The highest BCUT2D eigenvalue weighted by Crippen LogP contribution is 2.29. The van der Waals surface area contributed by atoms with Gasteiger partial charge < -0.3 is 9.26 Å². The summed E-state index contributed by atoms with van der Waals surface area (Å²) in [6.07, 6.45) is -0.225. The Balaban J connectivity index is 1.41. The Morgan fingerprint density at radius 3 is 2.68 bits per heavy atom. The molecule has 4 aromatic rings. The molecule has 0 N–H and O–H groups in total. The second kappa shape index (κ2) is 6.65. The molecule has 0 amide bonds. The lowest BCUT2D eigenvalue weighted by molar-refractivity contribution is -0.00116. The number of rotatable bonds is 3. The molecule has 0 unspecified atom stereocenters. The van der Waals surface area contributed by atoms with Gasteiger partial charge in [0.15, 0.2) is 5.69 Å². The molecule has 140 valence electrons. The van der Waals surface area contributed by atoms with E-state index < -0.39 is 5.82 Å². The van der Waals surface area contributed by atoms with Gasteiger partial charge in [0.25, 0.3) is 5.89 Å². The third kappa shape index (κ3) is 2.97. The van der Waals surface area contributed by atoms with Gasteiger partial charge in [0.2, 0.25) is 5.82 Å².